The molecule has 0 bridgehead atoms. The van der Waals surface area contributed by atoms with Crippen molar-refractivity contribution in [3.8, 4) is 0 Å². The lowest BCUT2D eigenvalue weighted by Gasteiger charge is -2.31. The van der Waals surface area contributed by atoms with Crippen molar-refractivity contribution in [1.82, 2.24) is 19.2 Å². The lowest BCUT2D eigenvalue weighted by Crippen LogP contribution is -2.42. The fraction of sp³-hybridized carbons (Fsp3) is 0.769. The van der Waals surface area contributed by atoms with E-state index in [0.29, 0.717) is 19.0 Å². The van der Waals surface area contributed by atoms with E-state index in [-0.39, 0.29) is 5.03 Å². The van der Waals surface area contributed by atoms with Crippen LogP contribution in [0.1, 0.15) is 26.7 Å². The smallest absolute Gasteiger partial charge is 0.262 e. The molecule has 0 amide bonds. The van der Waals surface area contributed by atoms with Gasteiger partial charge in [0.15, 0.2) is 5.03 Å². The minimum atomic E-state index is -3.44. The van der Waals surface area contributed by atoms with Gasteiger partial charge in [-0.1, -0.05) is 6.92 Å². The molecule has 1 aliphatic rings. The van der Waals surface area contributed by atoms with Crippen molar-refractivity contribution >= 4 is 10.0 Å². The maximum absolute atomic E-state index is 12.6. The topological polar surface area (TPSA) is 67.2 Å². The van der Waals surface area contributed by atoms with E-state index in [1.54, 1.807) is 21.4 Å². The first-order valence-corrected chi connectivity index (χ1v) is 8.74. The molecule has 7 heteroatoms. The molecule has 1 fully saturated rings. The molecule has 1 aliphatic heterocycles. The van der Waals surface area contributed by atoms with Crippen LogP contribution in [0.4, 0.5) is 0 Å². The van der Waals surface area contributed by atoms with Gasteiger partial charge in [-0.05, 0) is 38.8 Å². The molecular weight excluding hydrogens is 276 g/mol. The number of nitrogens with zero attached hydrogens (tertiary/aromatic N) is 3. The highest BCUT2D eigenvalue weighted by Gasteiger charge is 2.31. The first-order chi connectivity index (χ1) is 9.57. The predicted octanol–water partition coefficient (Wildman–Crippen LogP) is 0.913. The Hall–Kier alpha value is -0.920. The second-order valence-corrected chi connectivity index (χ2v) is 7.11. The summed E-state index contributed by atoms with van der Waals surface area (Å²) >= 11 is 0. The third-order valence-corrected chi connectivity index (χ3v) is 5.49. The van der Waals surface area contributed by atoms with Crippen LogP contribution in [0.15, 0.2) is 17.6 Å². The van der Waals surface area contributed by atoms with Gasteiger partial charge in [0, 0.05) is 25.8 Å². The van der Waals surface area contributed by atoms with Gasteiger partial charge in [-0.15, -0.1) is 0 Å². The highest BCUT2D eigenvalue weighted by molar-refractivity contribution is 7.89. The maximum atomic E-state index is 12.6. The van der Waals surface area contributed by atoms with Crippen LogP contribution in [-0.4, -0.2) is 48.5 Å². The Kier molecular flexibility index (Phi) is 5.17. The number of piperidine rings is 1. The number of rotatable bonds is 6. The Morgan fingerprint density at radius 1 is 1.45 bits per heavy atom. The van der Waals surface area contributed by atoms with Crippen LogP contribution in [0.3, 0.4) is 0 Å². The molecule has 6 nitrogen and oxygen atoms in total. The zero-order chi connectivity index (χ0) is 14.6. The van der Waals surface area contributed by atoms with Gasteiger partial charge in [-0.25, -0.2) is 13.4 Å². The van der Waals surface area contributed by atoms with Crippen LogP contribution >= 0.6 is 0 Å². The number of aromatic nitrogens is 2. The summed E-state index contributed by atoms with van der Waals surface area (Å²) in [7, 11) is -3.44. The Morgan fingerprint density at radius 2 is 2.25 bits per heavy atom. The Balaban J connectivity index is 2.08. The molecule has 0 radical (unpaired) electrons. The summed E-state index contributed by atoms with van der Waals surface area (Å²) in [6.45, 7) is 7.75. The van der Waals surface area contributed by atoms with Crippen molar-refractivity contribution in [3.63, 3.8) is 0 Å². The van der Waals surface area contributed by atoms with E-state index in [1.165, 1.54) is 0 Å². The quantitative estimate of drug-likeness (QED) is 0.848. The largest absolute Gasteiger partial charge is 0.336 e. The van der Waals surface area contributed by atoms with Gasteiger partial charge in [-0.2, -0.15) is 4.31 Å². The molecule has 2 heterocycles. The highest BCUT2D eigenvalue weighted by Crippen LogP contribution is 2.22. The third kappa shape index (κ3) is 3.39. The van der Waals surface area contributed by atoms with E-state index >= 15 is 0 Å². The SMILES string of the molecule is CCNCC1CCCN(S(=O)(=O)c2cn(CC)cn2)C1. The fourth-order valence-corrected chi connectivity index (χ4v) is 4.03. The van der Waals surface area contributed by atoms with Gasteiger partial charge in [0.25, 0.3) is 10.0 Å². The van der Waals surface area contributed by atoms with Crippen molar-refractivity contribution in [1.29, 1.82) is 0 Å². The minimum Gasteiger partial charge on any atom is -0.336 e. The first kappa shape index (κ1) is 15.5. The van der Waals surface area contributed by atoms with Crippen molar-refractivity contribution < 1.29 is 8.42 Å². The zero-order valence-corrected chi connectivity index (χ0v) is 13.1. The Labute approximate surface area is 121 Å². The second kappa shape index (κ2) is 6.69. The second-order valence-electron chi connectivity index (χ2n) is 5.22. The lowest BCUT2D eigenvalue weighted by atomic mass is 10.00. The molecule has 0 aliphatic carbocycles. The standard InChI is InChI=1S/C13H24N4O2S/c1-3-14-8-12-6-5-7-17(9-12)20(18,19)13-10-16(4-2)11-15-13/h10-12,14H,3-9H2,1-2H3. The van der Waals surface area contributed by atoms with E-state index in [0.717, 1.165) is 32.5 Å². The van der Waals surface area contributed by atoms with Crippen molar-refractivity contribution in [2.24, 2.45) is 5.92 Å². The van der Waals surface area contributed by atoms with Crippen molar-refractivity contribution in [2.75, 3.05) is 26.2 Å². The van der Waals surface area contributed by atoms with Gasteiger partial charge < -0.3 is 9.88 Å². The van der Waals surface area contributed by atoms with Crippen LogP contribution in [-0.2, 0) is 16.6 Å². The van der Waals surface area contributed by atoms with E-state index in [4.69, 9.17) is 0 Å². The van der Waals surface area contributed by atoms with Gasteiger partial charge in [0.05, 0.1) is 6.33 Å². The van der Waals surface area contributed by atoms with Crippen molar-refractivity contribution in [2.45, 2.75) is 38.3 Å². The maximum Gasteiger partial charge on any atom is 0.262 e. The fourth-order valence-electron chi connectivity index (χ4n) is 2.54. The number of nitrogens with one attached hydrogen (secondary N) is 1. The molecule has 1 N–H and O–H groups in total. The normalized spacial score (nSPS) is 21.2. The van der Waals surface area contributed by atoms with E-state index in [1.807, 2.05) is 6.92 Å². The number of hydrogen-bond donors (Lipinski definition) is 1. The lowest BCUT2D eigenvalue weighted by molar-refractivity contribution is 0.260. The van der Waals surface area contributed by atoms with Crippen LogP contribution in [0.2, 0.25) is 0 Å². The van der Waals surface area contributed by atoms with E-state index in [9.17, 15) is 8.42 Å². The summed E-state index contributed by atoms with van der Waals surface area (Å²) < 4.78 is 28.5. The molecule has 0 saturated carbocycles. The summed E-state index contributed by atoms with van der Waals surface area (Å²) in [5, 5.41) is 3.47. The van der Waals surface area contributed by atoms with Gasteiger partial charge in [0.2, 0.25) is 0 Å². The molecule has 1 atom stereocenters. The van der Waals surface area contributed by atoms with Gasteiger partial charge in [0.1, 0.15) is 0 Å². The van der Waals surface area contributed by atoms with E-state index in [2.05, 4.69) is 17.2 Å². The zero-order valence-electron chi connectivity index (χ0n) is 12.2. The number of imidazole rings is 1. The summed E-state index contributed by atoms with van der Waals surface area (Å²) in [5.74, 6) is 0.395. The molecule has 1 unspecified atom stereocenters. The van der Waals surface area contributed by atoms with Gasteiger partial charge >= 0.3 is 0 Å². The molecule has 0 aromatic carbocycles. The van der Waals surface area contributed by atoms with Crippen LogP contribution in [0.5, 0.6) is 0 Å². The molecule has 2 rings (SSSR count). The third-order valence-electron chi connectivity index (χ3n) is 3.74. The summed E-state index contributed by atoms with van der Waals surface area (Å²) in [4.78, 5) is 4.04. The van der Waals surface area contributed by atoms with Gasteiger partial charge in [-0.3, -0.25) is 0 Å². The minimum absolute atomic E-state index is 0.170. The molecule has 20 heavy (non-hydrogen) atoms. The summed E-state index contributed by atoms with van der Waals surface area (Å²) in [6, 6.07) is 0. The van der Waals surface area contributed by atoms with Crippen molar-refractivity contribution in [3.05, 3.63) is 12.5 Å². The molecule has 114 valence electrons. The van der Waals surface area contributed by atoms with Crippen LogP contribution in [0.25, 0.3) is 0 Å². The van der Waals surface area contributed by atoms with Crippen LogP contribution in [0, 0.1) is 5.92 Å². The average molecular weight is 300 g/mol. The molecular formula is C13H24N4O2S. The first-order valence-electron chi connectivity index (χ1n) is 7.30. The number of sulfonamides is 1. The Bertz CT molecular complexity index is 526. The van der Waals surface area contributed by atoms with Crippen LogP contribution < -0.4 is 5.32 Å². The Morgan fingerprint density at radius 3 is 2.90 bits per heavy atom. The predicted molar refractivity (Wildman–Crippen MR) is 77.9 cm³/mol. The highest BCUT2D eigenvalue weighted by atomic mass is 32.2. The molecule has 1 aromatic rings. The number of hydrogen-bond acceptors (Lipinski definition) is 4. The molecule has 0 spiro atoms. The summed E-state index contributed by atoms with van der Waals surface area (Å²) in [5.41, 5.74) is 0. The molecule has 1 saturated heterocycles. The average Bonchev–Trinajstić information content (AvgIpc) is 2.95. The summed E-state index contributed by atoms with van der Waals surface area (Å²) in [6.07, 6.45) is 5.20. The monoisotopic (exact) mass is 300 g/mol. The molecule has 1 aromatic heterocycles. The number of aryl methyl sites for hydroxylation is 1. The van der Waals surface area contributed by atoms with E-state index < -0.39 is 10.0 Å².